The maximum atomic E-state index is 9.32. The van der Waals surface area contributed by atoms with Crippen molar-refractivity contribution < 1.29 is 9.84 Å². The van der Waals surface area contributed by atoms with Gasteiger partial charge in [0.25, 0.3) is 0 Å². The lowest BCUT2D eigenvalue weighted by Gasteiger charge is -2.19. The summed E-state index contributed by atoms with van der Waals surface area (Å²) in [5.74, 6) is 1.48. The smallest absolute Gasteiger partial charge is 0.168 e. The van der Waals surface area contributed by atoms with Crippen LogP contribution in [0.3, 0.4) is 0 Å². The van der Waals surface area contributed by atoms with Crippen molar-refractivity contribution in [3.8, 4) is 5.75 Å². The van der Waals surface area contributed by atoms with Gasteiger partial charge in [-0.05, 0) is 46.2 Å². The van der Waals surface area contributed by atoms with Gasteiger partial charge < -0.3 is 15.2 Å². The molecule has 1 aromatic rings. The maximum absolute atomic E-state index is 9.32. The Hall–Kier alpha value is -1.29. The van der Waals surface area contributed by atoms with Crippen LogP contribution in [0, 0.1) is 0 Å². The summed E-state index contributed by atoms with van der Waals surface area (Å²) in [6.45, 7) is 7.76. The Morgan fingerprint density at radius 1 is 1.35 bits per heavy atom. The summed E-state index contributed by atoms with van der Waals surface area (Å²) in [5, 5.41) is 12.6. The van der Waals surface area contributed by atoms with Gasteiger partial charge in [0.2, 0.25) is 0 Å². The predicted molar refractivity (Wildman–Crippen MR) is 69.4 cm³/mol. The summed E-state index contributed by atoms with van der Waals surface area (Å²) in [5.41, 5.74) is 0. The summed E-state index contributed by atoms with van der Waals surface area (Å²) in [4.78, 5) is 4.26. The molecule has 0 bridgehead atoms. The highest BCUT2D eigenvalue weighted by molar-refractivity contribution is 5.50. The van der Waals surface area contributed by atoms with Crippen molar-refractivity contribution in [2.24, 2.45) is 0 Å². The van der Waals surface area contributed by atoms with Crippen LogP contribution in [0.15, 0.2) is 18.3 Å². The Morgan fingerprint density at radius 3 is 2.65 bits per heavy atom. The molecule has 0 aliphatic heterocycles. The first-order valence-electron chi connectivity index (χ1n) is 6.05. The van der Waals surface area contributed by atoms with Gasteiger partial charge in [0, 0.05) is 12.2 Å². The van der Waals surface area contributed by atoms with Gasteiger partial charge in [-0.1, -0.05) is 0 Å². The van der Waals surface area contributed by atoms with Crippen LogP contribution in [0.5, 0.6) is 5.75 Å². The van der Waals surface area contributed by atoms with E-state index in [1.807, 2.05) is 32.9 Å². The van der Waals surface area contributed by atoms with E-state index in [9.17, 15) is 5.11 Å². The molecule has 17 heavy (non-hydrogen) atoms. The van der Waals surface area contributed by atoms with E-state index in [0.717, 1.165) is 11.6 Å². The highest BCUT2D eigenvalue weighted by atomic mass is 16.5. The van der Waals surface area contributed by atoms with Gasteiger partial charge in [-0.15, -0.1) is 0 Å². The molecule has 0 aromatic carbocycles. The lowest BCUT2D eigenvalue weighted by molar-refractivity contribution is 0.179. The Morgan fingerprint density at radius 2 is 2.06 bits per heavy atom. The molecule has 0 amide bonds. The number of ether oxygens (including phenoxy) is 1. The van der Waals surface area contributed by atoms with Gasteiger partial charge in [-0.25, -0.2) is 4.98 Å². The second-order valence-electron chi connectivity index (χ2n) is 4.65. The Bertz CT molecular complexity index is 340. The maximum Gasteiger partial charge on any atom is 0.168 e. The molecule has 2 N–H and O–H groups in total. The lowest BCUT2D eigenvalue weighted by atomic mass is 10.1. The molecule has 1 rings (SSSR count). The number of nitrogens with one attached hydrogen (secondary N) is 1. The second-order valence-corrected chi connectivity index (χ2v) is 4.65. The van der Waals surface area contributed by atoms with Gasteiger partial charge in [-0.2, -0.15) is 0 Å². The predicted octanol–water partition coefficient (Wildman–Crippen LogP) is 2.44. The molecule has 1 heterocycles. The lowest BCUT2D eigenvalue weighted by Crippen LogP contribution is -2.22. The van der Waals surface area contributed by atoms with Crippen LogP contribution in [0.1, 0.15) is 34.1 Å². The van der Waals surface area contributed by atoms with Crippen molar-refractivity contribution in [3.05, 3.63) is 18.3 Å². The van der Waals surface area contributed by atoms with E-state index in [1.54, 1.807) is 13.1 Å². The van der Waals surface area contributed by atoms with E-state index < -0.39 is 0 Å². The van der Waals surface area contributed by atoms with Crippen LogP contribution in [-0.4, -0.2) is 28.3 Å². The number of aliphatic hydroxyl groups excluding tert-OH is 1. The molecule has 4 heteroatoms. The van der Waals surface area contributed by atoms with E-state index in [1.165, 1.54) is 0 Å². The molecular weight excluding hydrogens is 216 g/mol. The van der Waals surface area contributed by atoms with Crippen molar-refractivity contribution in [3.63, 3.8) is 0 Å². The average Bonchev–Trinajstić information content (AvgIpc) is 2.18. The largest absolute Gasteiger partial charge is 0.487 e. The molecule has 0 saturated carbocycles. The molecule has 0 radical (unpaired) electrons. The summed E-state index contributed by atoms with van der Waals surface area (Å²) in [6, 6.07) is 3.89. The number of aliphatic hydroxyl groups is 1. The van der Waals surface area contributed by atoms with Crippen molar-refractivity contribution in [1.29, 1.82) is 0 Å². The summed E-state index contributed by atoms with van der Waals surface area (Å²) >= 11 is 0. The fourth-order valence-electron chi connectivity index (χ4n) is 1.65. The first-order chi connectivity index (χ1) is 7.99. The number of anilines is 1. The number of nitrogens with zero attached hydrogens (tertiary/aromatic N) is 1. The van der Waals surface area contributed by atoms with Crippen LogP contribution in [0.4, 0.5) is 5.82 Å². The Balaban J connectivity index is 2.69. The minimum absolute atomic E-state index is 0.117. The number of pyridine rings is 1. The topological polar surface area (TPSA) is 54.4 Å². The number of aromatic nitrogens is 1. The summed E-state index contributed by atoms with van der Waals surface area (Å²) in [7, 11) is 0. The van der Waals surface area contributed by atoms with Gasteiger partial charge >= 0.3 is 0 Å². The highest BCUT2D eigenvalue weighted by Crippen LogP contribution is 2.23. The van der Waals surface area contributed by atoms with Gasteiger partial charge in [0.15, 0.2) is 11.6 Å². The zero-order valence-corrected chi connectivity index (χ0v) is 11.0. The third kappa shape index (κ3) is 5.04. The fraction of sp³-hybridized carbons (Fsp3) is 0.615. The average molecular weight is 238 g/mol. The number of hydrogen-bond donors (Lipinski definition) is 2. The Kier molecular flexibility index (Phi) is 5.22. The normalized spacial score (nSPS) is 14.5. The quantitative estimate of drug-likeness (QED) is 0.799. The molecule has 0 aliphatic rings. The van der Waals surface area contributed by atoms with Crippen molar-refractivity contribution in [2.75, 3.05) is 5.32 Å². The molecule has 96 valence electrons. The second kappa shape index (κ2) is 6.45. The van der Waals surface area contributed by atoms with Gasteiger partial charge in [0.05, 0.1) is 12.2 Å². The van der Waals surface area contributed by atoms with Gasteiger partial charge in [0.1, 0.15) is 0 Å². The standard InChI is InChI=1S/C13H22N2O2/c1-9(2)17-12-6-5-7-14-13(12)15-10(3)8-11(4)16/h5-7,9-11,16H,8H2,1-4H3,(H,14,15). The first-order valence-corrected chi connectivity index (χ1v) is 6.05. The Labute approximate surface area is 103 Å². The molecule has 0 aliphatic carbocycles. The van der Waals surface area contributed by atoms with Crippen LogP contribution in [0.2, 0.25) is 0 Å². The highest BCUT2D eigenvalue weighted by Gasteiger charge is 2.11. The van der Waals surface area contributed by atoms with E-state index in [4.69, 9.17) is 4.74 Å². The third-order valence-electron chi connectivity index (χ3n) is 2.21. The van der Waals surface area contributed by atoms with Crippen molar-refractivity contribution >= 4 is 5.82 Å². The molecule has 0 saturated heterocycles. The molecule has 0 spiro atoms. The van der Waals surface area contributed by atoms with E-state index in [0.29, 0.717) is 6.42 Å². The number of rotatable bonds is 6. The first kappa shape index (κ1) is 13.8. The zero-order chi connectivity index (χ0) is 12.8. The van der Waals surface area contributed by atoms with Crippen LogP contribution < -0.4 is 10.1 Å². The van der Waals surface area contributed by atoms with Crippen molar-refractivity contribution in [2.45, 2.75) is 52.4 Å². The summed E-state index contributed by atoms with van der Waals surface area (Å²) < 4.78 is 5.66. The molecule has 2 unspecified atom stereocenters. The SMILES string of the molecule is CC(O)CC(C)Nc1ncccc1OC(C)C. The molecule has 1 aromatic heterocycles. The minimum atomic E-state index is -0.323. The van der Waals surface area contributed by atoms with Crippen molar-refractivity contribution in [1.82, 2.24) is 4.98 Å². The van der Waals surface area contributed by atoms with Gasteiger partial charge in [-0.3, -0.25) is 0 Å². The minimum Gasteiger partial charge on any atom is -0.487 e. The van der Waals surface area contributed by atoms with E-state index >= 15 is 0 Å². The molecule has 4 nitrogen and oxygen atoms in total. The zero-order valence-electron chi connectivity index (χ0n) is 11.0. The van der Waals surface area contributed by atoms with E-state index in [-0.39, 0.29) is 18.2 Å². The molecule has 2 atom stereocenters. The summed E-state index contributed by atoms with van der Waals surface area (Å²) in [6.07, 6.45) is 2.20. The monoisotopic (exact) mass is 238 g/mol. The van der Waals surface area contributed by atoms with Crippen LogP contribution >= 0.6 is 0 Å². The molecular formula is C13H22N2O2. The van der Waals surface area contributed by atoms with Crippen LogP contribution in [0.25, 0.3) is 0 Å². The molecule has 0 fully saturated rings. The third-order valence-corrected chi connectivity index (χ3v) is 2.21. The fourth-order valence-corrected chi connectivity index (χ4v) is 1.65. The number of hydrogen-bond acceptors (Lipinski definition) is 4. The van der Waals surface area contributed by atoms with E-state index in [2.05, 4.69) is 10.3 Å². The van der Waals surface area contributed by atoms with Crippen LogP contribution in [-0.2, 0) is 0 Å².